The molecular formula is C21H20N4S2. The van der Waals surface area contributed by atoms with Crippen molar-refractivity contribution in [2.45, 2.75) is 42.3 Å². The van der Waals surface area contributed by atoms with Gasteiger partial charge in [-0.2, -0.15) is 0 Å². The summed E-state index contributed by atoms with van der Waals surface area (Å²) < 4.78 is 4.68. The fourth-order valence-electron chi connectivity index (χ4n) is 3.51. The number of hydrogen-bond donors (Lipinski definition) is 0. The fourth-order valence-corrected chi connectivity index (χ4v) is 5.53. The molecule has 0 spiro atoms. The number of rotatable bonds is 4. The number of hydrogen-bond acceptors (Lipinski definition) is 5. The van der Waals surface area contributed by atoms with Crippen LogP contribution in [0.3, 0.4) is 0 Å². The van der Waals surface area contributed by atoms with Crippen molar-refractivity contribution in [3.8, 4) is 11.4 Å². The Bertz CT molecular complexity index is 1030. The van der Waals surface area contributed by atoms with E-state index in [0.29, 0.717) is 0 Å². The van der Waals surface area contributed by atoms with Crippen LogP contribution >= 0.6 is 23.1 Å². The molecule has 0 amide bonds. The van der Waals surface area contributed by atoms with E-state index in [9.17, 15) is 0 Å². The second-order valence-electron chi connectivity index (χ2n) is 6.84. The molecule has 2 aromatic carbocycles. The highest BCUT2D eigenvalue weighted by atomic mass is 32.2. The molecule has 4 aromatic rings. The summed E-state index contributed by atoms with van der Waals surface area (Å²) in [5.74, 6) is 3.08. The number of aryl methyl sites for hydroxylation is 1. The molecule has 0 atom stereocenters. The molecule has 0 N–H and O–H groups in total. The van der Waals surface area contributed by atoms with Gasteiger partial charge in [-0.1, -0.05) is 54.6 Å². The molecule has 0 saturated heterocycles. The van der Waals surface area contributed by atoms with Gasteiger partial charge in [-0.15, -0.1) is 21.5 Å². The molecule has 2 aromatic heterocycles. The summed E-state index contributed by atoms with van der Waals surface area (Å²) in [4.78, 5) is 4.70. The summed E-state index contributed by atoms with van der Waals surface area (Å²) in [6, 6.07) is 17.1. The zero-order chi connectivity index (χ0) is 18.1. The van der Waals surface area contributed by atoms with E-state index in [-0.39, 0.29) is 0 Å². The van der Waals surface area contributed by atoms with Crippen molar-refractivity contribution in [3.63, 3.8) is 0 Å². The first-order valence-electron chi connectivity index (χ1n) is 9.36. The standard InChI is InChI=1S/C21H20N4S2/c1-2-8-19-23-24-20(25(19)13-5-1)16-11-9-15(10-12-16)14-26-21-22-17-6-3-4-7-18(17)27-21/h3-4,6-7,9-12H,1-2,5,8,13-14H2. The highest BCUT2D eigenvalue weighted by Gasteiger charge is 2.15. The zero-order valence-electron chi connectivity index (χ0n) is 15.0. The van der Waals surface area contributed by atoms with Crippen molar-refractivity contribution in [3.05, 3.63) is 59.9 Å². The molecule has 3 heterocycles. The molecule has 136 valence electrons. The summed E-state index contributed by atoms with van der Waals surface area (Å²) in [6.07, 6.45) is 4.77. The first-order chi connectivity index (χ1) is 13.4. The third-order valence-corrected chi connectivity index (χ3v) is 7.21. The van der Waals surface area contributed by atoms with E-state index in [1.54, 1.807) is 23.1 Å². The predicted octanol–water partition coefficient (Wildman–Crippen LogP) is 5.57. The van der Waals surface area contributed by atoms with Gasteiger partial charge in [0.05, 0.1) is 10.2 Å². The van der Waals surface area contributed by atoms with Crippen molar-refractivity contribution < 1.29 is 0 Å². The summed E-state index contributed by atoms with van der Waals surface area (Å²) in [5.41, 5.74) is 3.55. The van der Waals surface area contributed by atoms with E-state index in [4.69, 9.17) is 4.98 Å². The molecule has 5 rings (SSSR count). The van der Waals surface area contributed by atoms with Gasteiger partial charge in [-0.3, -0.25) is 0 Å². The minimum atomic E-state index is 0.929. The van der Waals surface area contributed by atoms with Crippen molar-refractivity contribution in [1.29, 1.82) is 0 Å². The lowest BCUT2D eigenvalue weighted by Gasteiger charge is -2.07. The van der Waals surface area contributed by atoms with E-state index in [0.717, 1.165) is 45.8 Å². The SMILES string of the molecule is c1ccc2sc(SCc3ccc(-c4nnc5n4CCCCC5)cc3)nc2c1. The van der Waals surface area contributed by atoms with Crippen LogP contribution in [0.15, 0.2) is 52.9 Å². The molecule has 0 fully saturated rings. The Morgan fingerprint density at radius 2 is 1.85 bits per heavy atom. The summed E-state index contributed by atoms with van der Waals surface area (Å²) in [6.45, 7) is 1.03. The van der Waals surface area contributed by atoms with Crippen LogP contribution in [-0.4, -0.2) is 19.7 Å². The van der Waals surface area contributed by atoms with Gasteiger partial charge in [0.1, 0.15) is 5.82 Å². The zero-order valence-corrected chi connectivity index (χ0v) is 16.6. The highest BCUT2D eigenvalue weighted by molar-refractivity contribution is 8.00. The Hall–Kier alpha value is -2.18. The maximum absolute atomic E-state index is 4.70. The number of fused-ring (bicyclic) bond motifs is 2. The van der Waals surface area contributed by atoms with Crippen molar-refractivity contribution in [2.24, 2.45) is 0 Å². The summed E-state index contributed by atoms with van der Waals surface area (Å²) in [5, 5.41) is 8.87. The van der Waals surface area contributed by atoms with Crippen LogP contribution in [0.25, 0.3) is 21.6 Å². The van der Waals surface area contributed by atoms with Gasteiger partial charge < -0.3 is 4.57 Å². The number of nitrogens with zero attached hydrogens (tertiary/aromatic N) is 4. The fraction of sp³-hybridized carbons (Fsp3) is 0.286. The number of thiazole rings is 1. The molecule has 0 saturated carbocycles. The third kappa shape index (κ3) is 3.51. The lowest BCUT2D eigenvalue weighted by Crippen LogP contribution is -2.02. The van der Waals surface area contributed by atoms with Gasteiger partial charge >= 0.3 is 0 Å². The van der Waals surface area contributed by atoms with Crippen LogP contribution in [-0.2, 0) is 18.7 Å². The number of benzene rings is 2. The van der Waals surface area contributed by atoms with E-state index in [2.05, 4.69) is 57.2 Å². The van der Waals surface area contributed by atoms with Crippen LogP contribution in [0.2, 0.25) is 0 Å². The van der Waals surface area contributed by atoms with Crippen LogP contribution < -0.4 is 0 Å². The van der Waals surface area contributed by atoms with E-state index in [1.165, 1.54) is 29.5 Å². The first-order valence-corrected chi connectivity index (χ1v) is 11.2. The number of thioether (sulfide) groups is 1. The van der Waals surface area contributed by atoms with Gasteiger partial charge in [0.15, 0.2) is 10.2 Å². The van der Waals surface area contributed by atoms with Crippen LogP contribution in [0.5, 0.6) is 0 Å². The predicted molar refractivity (Wildman–Crippen MR) is 112 cm³/mol. The average molecular weight is 393 g/mol. The van der Waals surface area contributed by atoms with Gasteiger partial charge in [-0.25, -0.2) is 4.98 Å². The monoisotopic (exact) mass is 392 g/mol. The first kappa shape index (κ1) is 17.0. The third-order valence-electron chi connectivity index (χ3n) is 4.96. The molecule has 0 aliphatic carbocycles. The maximum Gasteiger partial charge on any atom is 0.163 e. The van der Waals surface area contributed by atoms with Crippen LogP contribution in [0, 0.1) is 0 Å². The molecular weight excluding hydrogens is 372 g/mol. The Morgan fingerprint density at radius 1 is 0.963 bits per heavy atom. The molecule has 0 bridgehead atoms. The second-order valence-corrected chi connectivity index (χ2v) is 9.09. The number of para-hydroxylation sites is 1. The second kappa shape index (κ2) is 7.44. The molecule has 6 heteroatoms. The largest absolute Gasteiger partial charge is 0.311 e. The van der Waals surface area contributed by atoms with Crippen LogP contribution in [0.1, 0.15) is 30.7 Å². The molecule has 1 aliphatic heterocycles. The Kier molecular flexibility index (Phi) is 4.67. The molecule has 4 nitrogen and oxygen atoms in total. The Labute approximate surface area is 166 Å². The van der Waals surface area contributed by atoms with Crippen LogP contribution in [0.4, 0.5) is 0 Å². The Morgan fingerprint density at radius 3 is 2.74 bits per heavy atom. The van der Waals surface area contributed by atoms with Gasteiger partial charge in [0, 0.05) is 24.3 Å². The lowest BCUT2D eigenvalue weighted by atomic mass is 10.1. The molecule has 27 heavy (non-hydrogen) atoms. The minimum Gasteiger partial charge on any atom is -0.311 e. The van der Waals surface area contributed by atoms with Crippen molar-refractivity contribution >= 4 is 33.3 Å². The normalized spacial score (nSPS) is 14.2. The number of aromatic nitrogens is 4. The van der Waals surface area contributed by atoms with Gasteiger partial charge in [0.2, 0.25) is 0 Å². The Balaban J connectivity index is 1.31. The van der Waals surface area contributed by atoms with Gasteiger partial charge in [0.25, 0.3) is 0 Å². The van der Waals surface area contributed by atoms with E-state index in [1.807, 2.05) is 6.07 Å². The van der Waals surface area contributed by atoms with E-state index < -0.39 is 0 Å². The lowest BCUT2D eigenvalue weighted by molar-refractivity contribution is 0.636. The summed E-state index contributed by atoms with van der Waals surface area (Å²) in [7, 11) is 0. The average Bonchev–Trinajstić information content (AvgIpc) is 3.23. The highest BCUT2D eigenvalue weighted by Crippen LogP contribution is 2.32. The topological polar surface area (TPSA) is 43.6 Å². The van der Waals surface area contributed by atoms with Crippen molar-refractivity contribution in [2.75, 3.05) is 0 Å². The molecule has 0 radical (unpaired) electrons. The smallest absolute Gasteiger partial charge is 0.163 e. The van der Waals surface area contributed by atoms with E-state index >= 15 is 0 Å². The molecule has 1 aliphatic rings. The van der Waals surface area contributed by atoms with Crippen molar-refractivity contribution in [1.82, 2.24) is 19.7 Å². The van der Waals surface area contributed by atoms with Gasteiger partial charge in [-0.05, 0) is 30.5 Å². The quantitative estimate of drug-likeness (QED) is 0.426. The minimum absolute atomic E-state index is 0.929. The summed E-state index contributed by atoms with van der Waals surface area (Å²) >= 11 is 3.57. The molecule has 0 unspecified atom stereocenters. The maximum atomic E-state index is 4.70.